The number of benzene rings is 1. The van der Waals surface area contributed by atoms with Gasteiger partial charge in [-0.25, -0.2) is 4.79 Å². The van der Waals surface area contributed by atoms with Gasteiger partial charge >= 0.3 is 5.63 Å². The van der Waals surface area contributed by atoms with Crippen molar-refractivity contribution in [3.63, 3.8) is 0 Å². The maximum atomic E-state index is 12.4. The molecule has 0 atom stereocenters. The van der Waals surface area contributed by atoms with E-state index in [1.54, 1.807) is 12.1 Å². The monoisotopic (exact) mass is 427 g/mol. The molecule has 0 aliphatic heterocycles. The molecule has 1 aromatic heterocycles. The van der Waals surface area contributed by atoms with Gasteiger partial charge < -0.3 is 9.73 Å². The second-order valence-corrected chi connectivity index (χ2v) is 7.33. The van der Waals surface area contributed by atoms with Gasteiger partial charge in [0.25, 0.3) is 5.91 Å². The van der Waals surface area contributed by atoms with Crippen molar-refractivity contribution in [2.24, 2.45) is 0 Å². The van der Waals surface area contributed by atoms with Gasteiger partial charge in [-0.2, -0.15) is 0 Å². The van der Waals surface area contributed by atoms with Crippen LogP contribution in [-0.2, 0) is 0 Å². The van der Waals surface area contributed by atoms with Crippen LogP contribution >= 0.6 is 31.9 Å². The van der Waals surface area contributed by atoms with Crippen LogP contribution in [0, 0.1) is 0 Å². The SMILES string of the molecule is O=C(NC1CCCCC1)c1cc2cc(Br)cc(Br)c2oc1=O. The second kappa shape index (κ2) is 6.54. The van der Waals surface area contributed by atoms with Crippen LogP contribution in [-0.4, -0.2) is 11.9 Å². The minimum atomic E-state index is -0.608. The van der Waals surface area contributed by atoms with E-state index in [0.717, 1.165) is 30.2 Å². The lowest BCUT2D eigenvalue weighted by Gasteiger charge is -2.22. The smallest absolute Gasteiger partial charge is 0.349 e. The van der Waals surface area contributed by atoms with Gasteiger partial charge in [0.1, 0.15) is 5.56 Å². The third-order valence-corrected chi connectivity index (χ3v) is 4.98. The standard InChI is InChI=1S/C16H15Br2NO3/c17-10-6-9-7-12(16(21)22-14(9)13(18)8-10)15(20)19-11-4-2-1-3-5-11/h6-8,11H,1-5H2,(H,19,20). The van der Waals surface area contributed by atoms with Crippen LogP contribution in [0.25, 0.3) is 11.0 Å². The molecule has 3 rings (SSSR count). The van der Waals surface area contributed by atoms with Crippen LogP contribution in [0.15, 0.2) is 36.4 Å². The summed E-state index contributed by atoms with van der Waals surface area (Å²) < 4.78 is 6.83. The van der Waals surface area contributed by atoms with Crippen LogP contribution in [0.1, 0.15) is 42.5 Å². The lowest BCUT2D eigenvalue weighted by molar-refractivity contribution is 0.0924. The Morgan fingerprint density at radius 2 is 1.86 bits per heavy atom. The molecule has 1 N–H and O–H groups in total. The van der Waals surface area contributed by atoms with E-state index in [1.807, 2.05) is 6.07 Å². The third kappa shape index (κ3) is 3.27. The number of carbonyl (C=O) groups is 1. The minimum Gasteiger partial charge on any atom is -0.421 e. The summed E-state index contributed by atoms with van der Waals surface area (Å²) in [5.74, 6) is -0.348. The topological polar surface area (TPSA) is 59.3 Å². The van der Waals surface area contributed by atoms with Crippen molar-refractivity contribution in [2.45, 2.75) is 38.1 Å². The minimum absolute atomic E-state index is 0.0584. The Morgan fingerprint density at radius 3 is 2.59 bits per heavy atom. The molecule has 1 aliphatic carbocycles. The van der Waals surface area contributed by atoms with Gasteiger partial charge in [0.15, 0.2) is 5.58 Å². The average Bonchev–Trinajstić information content (AvgIpc) is 2.48. The Balaban J connectivity index is 1.94. The zero-order chi connectivity index (χ0) is 15.7. The van der Waals surface area contributed by atoms with Gasteiger partial charge in [-0.3, -0.25) is 4.79 Å². The first-order valence-corrected chi connectivity index (χ1v) is 8.87. The Labute approximate surface area is 144 Å². The first-order valence-electron chi connectivity index (χ1n) is 7.28. The Bertz CT molecular complexity index is 779. The van der Waals surface area contributed by atoms with Crippen LogP contribution in [0.3, 0.4) is 0 Å². The molecule has 0 unspecified atom stereocenters. The predicted molar refractivity (Wildman–Crippen MR) is 92.2 cm³/mol. The summed E-state index contributed by atoms with van der Waals surface area (Å²) in [6.07, 6.45) is 5.41. The van der Waals surface area contributed by atoms with E-state index in [-0.39, 0.29) is 17.5 Å². The number of halogens is 2. The molecule has 0 saturated heterocycles. The molecule has 0 radical (unpaired) electrons. The Morgan fingerprint density at radius 1 is 1.14 bits per heavy atom. The number of carbonyl (C=O) groups excluding carboxylic acids is 1. The van der Waals surface area contributed by atoms with Gasteiger partial charge in [0.05, 0.1) is 4.47 Å². The molecule has 1 aromatic carbocycles. The fraction of sp³-hybridized carbons (Fsp3) is 0.375. The third-order valence-electron chi connectivity index (χ3n) is 3.94. The van der Waals surface area contributed by atoms with E-state index in [4.69, 9.17) is 4.42 Å². The largest absolute Gasteiger partial charge is 0.421 e. The molecule has 1 saturated carbocycles. The van der Waals surface area contributed by atoms with Crippen LogP contribution in [0.2, 0.25) is 0 Å². The summed E-state index contributed by atoms with van der Waals surface area (Å²) in [7, 11) is 0. The highest BCUT2D eigenvalue weighted by Gasteiger charge is 2.20. The molecular weight excluding hydrogens is 414 g/mol. The molecule has 22 heavy (non-hydrogen) atoms. The molecule has 0 bridgehead atoms. The first-order chi connectivity index (χ1) is 10.5. The summed E-state index contributed by atoms with van der Waals surface area (Å²) >= 11 is 6.75. The zero-order valence-corrected chi connectivity index (χ0v) is 15.0. The molecule has 1 fully saturated rings. The summed E-state index contributed by atoms with van der Waals surface area (Å²) in [5.41, 5.74) is -0.102. The maximum Gasteiger partial charge on any atom is 0.349 e. The van der Waals surface area contributed by atoms with E-state index in [1.165, 1.54) is 6.42 Å². The predicted octanol–water partition coefficient (Wildman–Crippen LogP) is 4.38. The molecule has 1 heterocycles. The molecule has 4 nitrogen and oxygen atoms in total. The quantitative estimate of drug-likeness (QED) is 0.722. The molecule has 1 aliphatic rings. The number of hydrogen-bond donors (Lipinski definition) is 1. The first kappa shape index (κ1) is 15.7. The number of nitrogens with one attached hydrogen (secondary N) is 1. The van der Waals surface area contributed by atoms with Crippen molar-refractivity contribution in [1.29, 1.82) is 0 Å². The molecule has 1 amide bonds. The van der Waals surface area contributed by atoms with Crippen molar-refractivity contribution >= 4 is 48.7 Å². The molecule has 116 valence electrons. The number of fused-ring (bicyclic) bond motifs is 1. The highest BCUT2D eigenvalue weighted by atomic mass is 79.9. The number of amides is 1. The average molecular weight is 429 g/mol. The summed E-state index contributed by atoms with van der Waals surface area (Å²) in [5, 5.41) is 3.65. The number of hydrogen-bond acceptors (Lipinski definition) is 3. The lowest BCUT2D eigenvalue weighted by Crippen LogP contribution is -2.38. The van der Waals surface area contributed by atoms with Crippen LogP contribution < -0.4 is 10.9 Å². The summed E-state index contributed by atoms with van der Waals surface area (Å²) in [6.45, 7) is 0. The van der Waals surface area contributed by atoms with E-state index >= 15 is 0 Å². The Kier molecular flexibility index (Phi) is 4.68. The van der Waals surface area contributed by atoms with Crippen molar-refractivity contribution in [1.82, 2.24) is 5.32 Å². The van der Waals surface area contributed by atoms with Crippen molar-refractivity contribution in [3.05, 3.63) is 43.1 Å². The molecule has 0 spiro atoms. The fourth-order valence-corrected chi connectivity index (χ4v) is 4.16. The molecule has 2 aromatic rings. The maximum absolute atomic E-state index is 12.4. The van der Waals surface area contributed by atoms with E-state index in [0.29, 0.717) is 15.4 Å². The van der Waals surface area contributed by atoms with E-state index in [2.05, 4.69) is 37.2 Å². The molecular formula is C16H15Br2NO3. The van der Waals surface area contributed by atoms with Gasteiger partial charge in [-0.1, -0.05) is 35.2 Å². The van der Waals surface area contributed by atoms with Crippen LogP contribution in [0.4, 0.5) is 0 Å². The van der Waals surface area contributed by atoms with Gasteiger partial charge in [0.2, 0.25) is 0 Å². The van der Waals surface area contributed by atoms with Crippen molar-refractivity contribution in [3.8, 4) is 0 Å². The fourth-order valence-electron chi connectivity index (χ4n) is 2.83. The van der Waals surface area contributed by atoms with E-state index < -0.39 is 5.63 Å². The van der Waals surface area contributed by atoms with Crippen molar-refractivity contribution < 1.29 is 9.21 Å². The summed E-state index contributed by atoms with van der Waals surface area (Å²) in [6, 6.07) is 5.37. The Hall–Kier alpha value is -1.14. The highest BCUT2D eigenvalue weighted by molar-refractivity contribution is 9.11. The van der Waals surface area contributed by atoms with E-state index in [9.17, 15) is 9.59 Å². The zero-order valence-electron chi connectivity index (χ0n) is 11.8. The molecule has 6 heteroatoms. The highest BCUT2D eigenvalue weighted by Crippen LogP contribution is 2.28. The van der Waals surface area contributed by atoms with Gasteiger partial charge in [-0.05, 0) is 47.0 Å². The van der Waals surface area contributed by atoms with Gasteiger partial charge in [-0.15, -0.1) is 0 Å². The lowest BCUT2D eigenvalue weighted by atomic mass is 9.95. The van der Waals surface area contributed by atoms with Crippen LogP contribution in [0.5, 0.6) is 0 Å². The second-order valence-electron chi connectivity index (χ2n) is 5.56. The van der Waals surface area contributed by atoms with Gasteiger partial charge in [0, 0.05) is 15.9 Å². The summed E-state index contributed by atoms with van der Waals surface area (Å²) in [4.78, 5) is 24.4. The normalized spacial score (nSPS) is 15.9. The van der Waals surface area contributed by atoms with Crippen molar-refractivity contribution in [2.75, 3.05) is 0 Å². The number of rotatable bonds is 2.